The van der Waals surface area contributed by atoms with E-state index >= 15 is 0 Å². The molecule has 0 spiro atoms. The molecule has 1 heterocycles. The molecule has 0 fully saturated rings. The van der Waals surface area contributed by atoms with Gasteiger partial charge < -0.3 is 14.6 Å². The van der Waals surface area contributed by atoms with Gasteiger partial charge in [0, 0.05) is 12.3 Å². The molecule has 6 nitrogen and oxygen atoms in total. The maximum Gasteiger partial charge on any atom is 0.348 e. The van der Waals surface area contributed by atoms with Crippen LogP contribution >= 0.6 is 0 Å². The highest BCUT2D eigenvalue weighted by Gasteiger charge is 2.10. The second-order valence-corrected chi connectivity index (χ2v) is 3.24. The summed E-state index contributed by atoms with van der Waals surface area (Å²) >= 11 is 0. The Bertz CT molecular complexity index is 488. The Labute approximate surface area is 90.9 Å². The third kappa shape index (κ3) is 2.69. The van der Waals surface area contributed by atoms with Crippen molar-refractivity contribution in [1.82, 2.24) is 0 Å². The van der Waals surface area contributed by atoms with Gasteiger partial charge in [-0.15, -0.1) is 0 Å². The van der Waals surface area contributed by atoms with Gasteiger partial charge in [-0.3, -0.25) is 4.99 Å². The van der Waals surface area contributed by atoms with Gasteiger partial charge in [0.15, 0.2) is 0 Å². The molecule has 0 bridgehead atoms. The Balaban J connectivity index is 3.07. The van der Waals surface area contributed by atoms with Crippen LogP contribution in [0.3, 0.4) is 0 Å². The van der Waals surface area contributed by atoms with Crippen molar-refractivity contribution in [1.29, 1.82) is 0 Å². The molecule has 0 amide bonds. The lowest BCUT2D eigenvalue weighted by molar-refractivity contribution is -0.137. The standard InChI is InChI=1S/C10H11NO5/c1-5-3-8(12)7(10(15)16-5)4-11-6(2)9(13)14/h3-4,6,12H,1-2H3,(H,13,14). The topological polar surface area (TPSA) is 100 Å². The Morgan fingerprint density at radius 1 is 1.62 bits per heavy atom. The first-order valence-corrected chi connectivity index (χ1v) is 4.51. The van der Waals surface area contributed by atoms with E-state index in [9.17, 15) is 14.7 Å². The molecule has 0 aromatic carbocycles. The highest BCUT2D eigenvalue weighted by molar-refractivity contribution is 5.85. The Hall–Kier alpha value is -2.11. The maximum atomic E-state index is 11.3. The predicted molar refractivity (Wildman–Crippen MR) is 56.1 cm³/mol. The lowest BCUT2D eigenvalue weighted by Gasteiger charge is -2.00. The van der Waals surface area contributed by atoms with Crippen LogP contribution < -0.4 is 5.63 Å². The second kappa shape index (κ2) is 4.61. The zero-order chi connectivity index (χ0) is 12.3. The van der Waals surface area contributed by atoms with E-state index < -0.39 is 17.6 Å². The van der Waals surface area contributed by atoms with Gasteiger partial charge in [0.05, 0.1) is 0 Å². The van der Waals surface area contributed by atoms with Gasteiger partial charge in [0.25, 0.3) is 0 Å². The fraction of sp³-hybridized carbons (Fsp3) is 0.300. The summed E-state index contributed by atoms with van der Waals surface area (Å²) in [4.78, 5) is 25.3. The molecule has 1 aromatic heterocycles. The van der Waals surface area contributed by atoms with Gasteiger partial charge in [-0.2, -0.15) is 0 Å². The molecule has 0 aliphatic heterocycles. The minimum Gasteiger partial charge on any atom is -0.507 e. The van der Waals surface area contributed by atoms with E-state index in [1.54, 1.807) is 0 Å². The molecule has 2 N–H and O–H groups in total. The normalized spacial score (nSPS) is 12.9. The molecule has 0 radical (unpaired) electrons. The Morgan fingerprint density at radius 3 is 2.75 bits per heavy atom. The Kier molecular flexibility index (Phi) is 3.44. The SMILES string of the molecule is Cc1cc(O)c(C=NC(C)C(=O)O)c(=O)o1. The average molecular weight is 225 g/mol. The van der Waals surface area contributed by atoms with Crippen LogP contribution in [0.2, 0.25) is 0 Å². The van der Waals surface area contributed by atoms with Gasteiger partial charge in [-0.1, -0.05) is 0 Å². The number of hydrogen-bond acceptors (Lipinski definition) is 5. The number of aliphatic carboxylic acids is 1. The fourth-order valence-electron chi connectivity index (χ4n) is 0.974. The molecule has 1 unspecified atom stereocenters. The van der Waals surface area contributed by atoms with Crippen molar-refractivity contribution in [3.8, 4) is 5.75 Å². The van der Waals surface area contributed by atoms with Crippen LogP contribution in [0.1, 0.15) is 18.2 Å². The molecule has 0 saturated heterocycles. The van der Waals surface area contributed by atoms with Gasteiger partial charge >= 0.3 is 11.6 Å². The number of rotatable bonds is 3. The summed E-state index contributed by atoms with van der Waals surface area (Å²) in [6.07, 6.45) is 0.999. The zero-order valence-electron chi connectivity index (χ0n) is 8.80. The van der Waals surface area contributed by atoms with E-state index in [1.807, 2.05) is 0 Å². The van der Waals surface area contributed by atoms with Crippen LogP contribution in [0.4, 0.5) is 0 Å². The molecule has 16 heavy (non-hydrogen) atoms. The number of carboxylic acid groups (broad SMARTS) is 1. The minimum absolute atomic E-state index is 0.154. The number of carbonyl (C=O) groups is 1. The smallest absolute Gasteiger partial charge is 0.348 e. The summed E-state index contributed by atoms with van der Waals surface area (Å²) in [5.41, 5.74) is -0.905. The van der Waals surface area contributed by atoms with Crippen molar-refractivity contribution in [3.63, 3.8) is 0 Å². The van der Waals surface area contributed by atoms with Gasteiger partial charge in [0.2, 0.25) is 0 Å². The van der Waals surface area contributed by atoms with E-state index in [1.165, 1.54) is 19.9 Å². The average Bonchev–Trinajstić information content (AvgIpc) is 2.15. The van der Waals surface area contributed by atoms with E-state index in [0.717, 1.165) is 6.21 Å². The number of aromatic hydroxyl groups is 1. The highest BCUT2D eigenvalue weighted by atomic mass is 16.4. The lowest BCUT2D eigenvalue weighted by Crippen LogP contribution is -2.15. The summed E-state index contributed by atoms with van der Waals surface area (Å²) in [7, 11) is 0. The zero-order valence-corrected chi connectivity index (χ0v) is 8.80. The summed E-state index contributed by atoms with van der Waals surface area (Å²) in [6, 6.07) is 0.272. The van der Waals surface area contributed by atoms with Crippen molar-refractivity contribution in [2.24, 2.45) is 4.99 Å². The van der Waals surface area contributed by atoms with E-state index in [0.29, 0.717) is 0 Å². The minimum atomic E-state index is -1.12. The van der Waals surface area contributed by atoms with E-state index in [2.05, 4.69) is 4.99 Å². The maximum absolute atomic E-state index is 11.3. The van der Waals surface area contributed by atoms with Gasteiger partial charge in [-0.25, -0.2) is 9.59 Å². The lowest BCUT2D eigenvalue weighted by atomic mass is 10.2. The molecule has 1 atom stereocenters. The summed E-state index contributed by atoms with van der Waals surface area (Å²) in [5, 5.41) is 18.0. The largest absolute Gasteiger partial charge is 0.507 e. The number of carboxylic acids is 1. The number of aliphatic imine (C=N–C) groups is 1. The van der Waals surface area contributed by atoms with Crippen molar-refractivity contribution in [2.45, 2.75) is 19.9 Å². The van der Waals surface area contributed by atoms with Crippen LogP contribution in [-0.4, -0.2) is 28.4 Å². The van der Waals surface area contributed by atoms with Crippen molar-refractivity contribution >= 4 is 12.2 Å². The monoisotopic (exact) mass is 225 g/mol. The molecule has 0 aliphatic carbocycles. The summed E-state index contributed by atoms with van der Waals surface area (Å²) in [5.74, 6) is -1.13. The molecule has 0 aliphatic rings. The summed E-state index contributed by atoms with van der Waals surface area (Å²) in [6.45, 7) is 2.87. The molecular weight excluding hydrogens is 214 g/mol. The Morgan fingerprint density at radius 2 is 2.25 bits per heavy atom. The first-order valence-electron chi connectivity index (χ1n) is 4.51. The third-order valence-electron chi connectivity index (χ3n) is 1.87. The van der Waals surface area contributed by atoms with E-state index in [4.69, 9.17) is 9.52 Å². The predicted octanol–water partition coefficient (Wildman–Crippen LogP) is 0.546. The van der Waals surface area contributed by atoms with Crippen LogP contribution in [-0.2, 0) is 4.79 Å². The first kappa shape index (κ1) is 12.0. The highest BCUT2D eigenvalue weighted by Crippen LogP contribution is 2.12. The van der Waals surface area contributed by atoms with Crippen LogP contribution in [0.15, 0.2) is 20.3 Å². The number of nitrogens with zero attached hydrogens (tertiary/aromatic N) is 1. The second-order valence-electron chi connectivity index (χ2n) is 3.24. The number of hydrogen-bond donors (Lipinski definition) is 2. The van der Waals surface area contributed by atoms with Crippen LogP contribution in [0, 0.1) is 6.92 Å². The van der Waals surface area contributed by atoms with Crippen molar-refractivity contribution in [3.05, 3.63) is 27.8 Å². The van der Waals surface area contributed by atoms with Crippen molar-refractivity contribution < 1.29 is 19.4 Å². The molecular formula is C10H11NO5. The fourth-order valence-corrected chi connectivity index (χ4v) is 0.974. The van der Waals surface area contributed by atoms with E-state index in [-0.39, 0.29) is 17.1 Å². The molecule has 0 saturated carbocycles. The molecule has 86 valence electrons. The summed E-state index contributed by atoms with van der Waals surface area (Å²) < 4.78 is 4.73. The van der Waals surface area contributed by atoms with Crippen LogP contribution in [0.5, 0.6) is 5.75 Å². The van der Waals surface area contributed by atoms with Gasteiger partial charge in [0.1, 0.15) is 23.1 Å². The quantitative estimate of drug-likeness (QED) is 0.731. The molecule has 1 aromatic rings. The molecule has 6 heteroatoms. The van der Waals surface area contributed by atoms with Gasteiger partial charge in [-0.05, 0) is 13.8 Å². The van der Waals surface area contributed by atoms with Crippen molar-refractivity contribution in [2.75, 3.05) is 0 Å². The number of aryl methyl sites for hydroxylation is 1. The third-order valence-corrected chi connectivity index (χ3v) is 1.87. The molecule has 1 rings (SSSR count). The first-order chi connectivity index (χ1) is 7.41. The van der Waals surface area contributed by atoms with Crippen LogP contribution in [0.25, 0.3) is 0 Å².